The Kier molecular flexibility index (Phi) is 4.79. The zero-order valence-electron chi connectivity index (χ0n) is 14.4. The molecular weight excluding hydrogens is 388 g/mol. The molecule has 6 nitrogen and oxygen atoms in total. The zero-order valence-corrected chi connectivity index (χ0v) is 15.2. The monoisotopic (exact) mass is 401 g/mol. The van der Waals surface area contributed by atoms with E-state index in [-0.39, 0.29) is 6.61 Å². The second-order valence-electron chi connectivity index (χ2n) is 6.05. The fourth-order valence-electron chi connectivity index (χ4n) is 2.76. The van der Waals surface area contributed by atoms with Gasteiger partial charge in [-0.2, -0.15) is 0 Å². The molecule has 4 rings (SSSR count). The number of fused-ring (bicyclic) bond motifs is 1. The Morgan fingerprint density at radius 3 is 2.68 bits per heavy atom. The molecule has 0 amide bonds. The number of nitrogens with zero attached hydrogens (tertiary/aromatic N) is 4. The average Bonchev–Trinajstić information content (AvgIpc) is 3.12. The molecule has 0 bridgehead atoms. The largest absolute Gasteiger partial charge is 0.477 e. The van der Waals surface area contributed by atoms with Gasteiger partial charge in [-0.15, -0.1) is 10.2 Å². The third-order valence-corrected chi connectivity index (χ3v) is 4.51. The van der Waals surface area contributed by atoms with Crippen molar-refractivity contribution in [3.63, 3.8) is 0 Å². The molecule has 4 aromatic rings. The van der Waals surface area contributed by atoms with E-state index in [1.165, 1.54) is 12.3 Å². The molecule has 2 heterocycles. The molecule has 0 fully saturated rings. The van der Waals surface area contributed by atoms with Crippen molar-refractivity contribution < 1.29 is 13.5 Å². The van der Waals surface area contributed by atoms with Crippen molar-refractivity contribution in [1.29, 1.82) is 0 Å². The lowest BCUT2D eigenvalue weighted by Gasteiger charge is -2.10. The van der Waals surface area contributed by atoms with Crippen LogP contribution in [0.5, 0.6) is 5.88 Å². The zero-order chi connectivity index (χ0) is 19.7. The SMILES string of the molecule is Nc1cc(-c2nnc3cncc(OCCc4ccc(F)c(F)c4)n23)ccc1Cl. The Balaban J connectivity index is 1.61. The fourth-order valence-corrected chi connectivity index (χ4v) is 2.88. The highest BCUT2D eigenvalue weighted by Crippen LogP contribution is 2.28. The van der Waals surface area contributed by atoms with E-state index >= 15 is 0 Å². The van der Waals surface area contributed by atoms with Crippen molar-refractivity contribution in [2.45, 2.75) is 6.42 Å². The predicted octanol–water partition coefficient (Wildman–Crippen LogP) is 3.93. The van der Waals surface area contributed by atoms with Crippen LogP contribution in [-0.4, -0.2) is 26.2 Å². The highest BCUT2D eigenvalue weighted by Gasteiger charge is 2.14. The van der Waals surface area contributed by atoms with Gasteiger partial charge >= 0.3 is 0 Å². The first-order valence-corrected chi connectivity index (χ1v) is 8.72. The standard InChI is InChI=1S/C19H14ClF2N5O/c20-13-3-2-12(8-16(13)23)19-26-25-17-9-24-10-18(27(17)19)28-6-5-11-1-4-14(21)15(22)7-11/h1-4,7-10H,5-6,23H2. The Bertz CT molecular complexity index is 1160. The highest BCUT2D eigenvalue weighted by molar-refractivity contribution is 6.33. The summed E-state index contributed by atoms with van der Waals surface area (Å²) in [5, 5.41) is 8.73. The fraction of sp³-hybridized carbons (Fsp3) is 0.105. The molecule has 2 aromatic carbocycles. The van der Waals surface area contributed by atoms with Gasteiger partial charge in [-0.25, -0.2) is 13.2 Å². The van der Waals surface area contributed by atoms with Crippen LogP contribution < -0.4 is 10.5 Å². The van der Waals surface area contributed by atoms with Crippen LogP contribution in [0.1, 0.15) is 5.56 Å². The molecule has 142 valence electrons. The van der Waals surface area contributed by atoms with E-state index in [2.05, 4.69) is 15.2 Å². The lowest BCUT2D eigenvalue weighted by molar-refractivity contribution is 0.304. The molecule has 0 aliphatic rings. The van der Waals surface area contributed by atoms with Crippen molar-refractivity contribution in [3.8, 4) is 17.3 Å². The Labute approximate surface area is 163 Å². The number of rotatable bonds is 5. The number of benzene rings is 2. The third-order valence-electron chi connectivity index (χ3n) is 4.16. The van der Waals surface area contributed by atoms with Crippen LogP contribution in [0.3, 0.4) is 0 Å². The number of nitrogens with two attached hydrogens (primary N) is 1. The van der Waals surface area contributed by atoms with Crippen LogP contribution in [0.25, 0.3) is 17.0 Å². The summed E-state index contributed by atoms with van der Waals surface area (Å²) in [6.45, 7) is 0.228. The van der Waals surface area contributed by atoms with Gasteiger partial charge in [0.1, 0.15) is 0 Å². The molecule has 0 aliphatic heterocycles. The predicted molar refractivity (Wildman–Crippen MR) is 101 cm³/mol. The quantitative estimate of drug-likeness (QED) is 0.513. The van der Waals surface area contributed by atoms with Gasteiger partial charge in [0.25, 0.3) is 0 Å². The first kappa shape index (κ1) is 18.1. The maximum absolute atomic E-state index is 13.3. The lowest BCUT2D eigenvalue weighted by atomic mass is 10.1. The number of aromatic nitrogens is 4. The van der Waals surface area contributed by atoms with E-state index in [1.807, 2.05) is 0 Å². The van der Waals surface area contributed by atoms with Gasteiger partial charge in [-0.3, -0.25) is 4.98 Å². The first-order chi connectivity index (χ1) is 13.5. The van der Waals surface area contributed by atoms with E-state index in [9.17, 15) is 8.78 Å². The highest BCUT2D eigenvalue weighted by atomic mass is 35.5. The number of halogens is 3. The number of hydrogen-bond acceptors (Lipinski definition) is 5. The molecule has 0 saturated carbocycles. The third kappa shape index (κ3) is 3.46. The second kappa shape index (κ2) is 7.40. The van der Waals surface area contributed by atoms with Gasteiger partial charge in [0, 0.05) is 12.0 Å². The minimum Gasteiger partial charge on any atom is -0.477 e. The lowest BCUT2D eigenvalue weighted by Crippen LogP contribution is -2.06. The number of hydrogen-bond donors (Lipinski definition) is 1. The maximum atomic E-state index is 13.3. The summed E-state index contributed by atoms with van der Waals surface area (Å²) in [6.07, 6.45) is 3.47. The summed E-state index contributed by atoms with van der Waals surface area (Å²) < 4.78 is 33.9. The van der Waals surface area contributed by atoms with E-state index in [0.717, 1.165) is 12.1 Å². The van der Waals surface area contributed by atoms with Gasteiger partial charge in [-0.1, -0.05) is 17.7 Å². The molecule has 0 saturated heterocycles. The Morgan fingerprint density at radius 1 is 1.04 bits per heavy atom. The topological polar surface area (TPSA) is 78.3 Å². The summed E-state index contributed by atoms with van der Waals surface area (Å²) >= 11 is 5.99. The van der Waals surface area contributed by atoms with Crippen LogP contribution >= 0.6 is 11.6 Å². The minimum atomic E-state index is -0.886. The summed E-state index contributed by atoms with van der Waals surface area (Å²) in [5.41, 5.74) is 8.14. The van der Waals surface area contributed by atoms with Gasteiger partial charge < -0.3 is 10.5 Å². The van der Waals surface area contributed by atoms with Crippen LogP contribution in [0.15, 0.2) is 48.8 Å². The van der Waals surface area contributed by atoms with Crippen LogP contribution in [-0.2, 0) is 6.42 Å². The molecule has 0 aliphatic carbocycles. The smallest absolute Gasteiger partial charge is 0.220 e. The molecule has 2 N–H and O–H groups in total. The second-order valence-corrected chi connectivity index (χ2v) is 6.45. The van der Waals surface area contributed by atoms with Crippen molar-refractivity contribution in [1.82, 2.24) is 19.6 Å². The number of ether oxygens (including phenoxy) is 1. The summed E-state index contributed by atoms with van der Waals surface area (Å²) in [7, 11) is 0. The Morgan fingerprint density at radius 2 is 1.89 bits per heavy atom. The maximum Gasteiger partial charge on any atom is 0.220 e. The summed E-state index contributed by atoms with van der Waals surface area (Å²) in [4.78, 5) is 4.10. The minimum absolute atomic E-state index is 0.228. The molecular formula is C19H14ClF2N5O. The average molecular weight is 402 g/mol. The van der Waals surface area contributed by atoms with Crippen molar-refractivity contribution in [2.75, 3.05) is 12.3 Å². The van der Waals surface area contributed by atoms with Crippen LogP contribution in [0.4, 0.5) is 14.5 Å². The summed E-state index contributed by atoms with van der Waals surface area (Å²) in [5.74, 6) is -0.838. The van der Waals surface area contributed by atoms with E-state index < -0.39 is 11.6 Å². The van der Waals surface area contributed by atoms with Gasteiger partial charge in [0.15, 0.2) is 23.1 Å². The Hall–Kier alpha value is -3.26. The molecule has 0 spiro atoms. The first-order valence-electron chi connectivity index (χ1n) is 8.34. The normalized spacial score (nSPS) is 11.1. The molecule has 0 unspecified atom stereocenters. The van der Waals surface area contributed by atoms with E-state index in [0.29, 0.717) is 45.6 Å². The van der Waals surface area contributed by atoms with E-state index in [1.54, 1.807) is 28.8 Å². The molecule has 28 heavy (non-hydrogen) atoms. The van der Waals surface area contributed by atoms with Crippen LogP contribution in [0, 0.1) is 11.6 Å². The van der Waals surface area contributed by atoms with Gasteiger partial charge in [0.2, 0.25) is 5.88 Å². The molecule has 0 atom stereocenters. The van der Waals surface area contributed by atoms with Gasteiger partial charge in [-0.05, 0) is 35.9 Å². The molecule has 2 aromatic heterocycles. The number of anilines is 1. The molecule has 9 heteroatoms. The van der Waals surface area contributed by atoms with E-state index in [4.69, 9.17) is 22.1 Å². The van der Waals surface area contributed by atoms with Crippen molar-refractivity contribution >= 4 is 22.9 Å². The van der Waals surface area contributed by atoms with Crippen molar-refractivity contribution in [2.24, 2.45) is 0 Å². The molecule has 0 radical (unpaired) electrons. The van der Waals surface area contributed by atoms with Crippen LogP contribution in [0.2, 0.25) is 5.02 Å². The van der Waals surface area contributed by atoms with Crippen molar-refractivity contribution in [3.05, 3.63) is 71.0 Å². The van der Waals surface area contributed by atoms with Gasteiger partial charge in [0.05, 0.1) is 29.7 Å². The number of nitrogen functional groups attached to an aromatic ring is 1. The summed E-state index contributed by atoms with van der Waals surface area (Å²) in [6, 6.07) is 8.91.